The number of rotatable bonds is 5. The molecule has 3 heterocycles. The minimum Gasteiger partial charge on any atom is -0.497 e. The summed E-state index contributed by atoms with van der Waals surface area (Å²) in [5.74, 6) is 0.847. The molecule has 2 N–H and O–H groups in total. The van der Waals surface area contributed by atoms with Crippen molar-refractivity contribution < 1.29 is 19.1 Å². The number of ether oxygens (including phenoxy) is 2. The summed E-state index contributed by atoms with van der Waals surface area (Å²) in [6, 6.07) is 4.80. The van der Waals surface area contributed by atoms with Gasteiger partial charge in [-0.2, -0.15) is 5.10 Å². The third-order valence-corrected chi connectivity index (χ3v) is 5.62. The number of amides is 2. The van der Waals surface area contributed by atoms with Crippen LogP contribution >= 0.6 is 12.4 Å². The van der Waals surface area contributed by atoms with Gasteiger partial charge in [-0.3, -0.25) is 14.7 Å². The lowest BCUT2D eigenvalue weighted by molar-refractivity contribution is -0.120. The highest BCUT2D eigenvalue weighted by Crippen LogP contribution is 2.32. The number of halogens is 1. The Bertz CT molecular complexity index is 925. The molecular formula is C20H26ClN5O4. The Balaban J connectivity index is 0.00000256. The quantitative estimate of drug-likeness (QED) is 0.735. The molecule has 0 spiro atoms. The molecule has 1 unspecified atom stereocenters. The topological polar surface area (TPSA) is 99.8 Å². The van der Waals surface area contributed by atoms with Crippen molar-refractivity contribution >= 4 is 29.9 Å². The van der Waals surface area contributed by atoms with Crippen LogP contribution in [0.3, 0.4) is 0 Å². The summed E-state index contributed by atoms with van der Waals surface area (Å²) in [7, 11) is 4.80. The first-order chi connectivity index (χ1) is 14.0. The van der Waals surface area contributed by atoms with Gasteiger partial charge in [-0.25, -0.2) is 0 Å². The normalized spacial score (nSPS) is 17.9. The summed E-state index contributed by atoms with van der Waals surface area (Å²) < 4.78 is 10.6. The largest absolute Gasteiger partial charge is 0.497 e. The van der Waals surface area contributed by atoms with E-state index in [2.05, 4.69) is 15.5 Å². The first kappa shape index (κ1) is 21.9. The number of hydrogen-bond donors (Lipinski definition) is 2. The van der Waals surface area contributed by atoms with Crippen molar-refractivity contribution in [2.24, 2.45) is 0 Å². The third kappa shape index (κ3) is 3.82. The van der Waals surface area contributed by atoms with Crippen LogP contribution in [0.15, 0.2) is 18.2 Å². The number of aromatic amines is 1. The van der Waals surface area contributed by atoms with Crippen LogP contribution in [0, 0.1) is 0 Å². The van der Waals surface area contributed by atoms with Crippen LogP contribution in [0.25, 0.3) is 0 Å². The molecule has 162 valence electrons. The molecule has 1 saturated heterocycles. The summed E-state index contributed by atoms with van der Waals surface area (Å²) in [4.78, 5) is 29.4. The maximum absolute atomic E-state index is 13.1. The summed E-state index contributed by atoms with van der Waals surface area (Å²) >= 11 is 0. The van der Waals surface area contributed by atoms with Gasteiger partial charge in [-0.15, -0.1) is 12.4 Å². The zero-order chi connectivity index (χ0) is 20.5. The van der Waals surface area contributed by atoms with Gasteiger partial charge in [0, 0.05) is 62.6 Å². The monoisotopic (exact) mass is 435 g/mol. The molecule has 0 aliphatic carbocycles. The van der Waals surface area contributed by atoms with Crippen LogP contribution in [0.2, 0.25) is 0 Å². The summed E-state index contributed by atoms with van der Waals surface area (Å²) in [6.07, 6.45) is 1.36. The van der Waals surface area contributed by atoms with Gasteiger partial charge in [0.05, 0.1) is 19.9 Å². The highest BCUT2D eigenvalue weighted by Gasteiger charge is 2.39. The SMILES string of the molecule is COc1cc(OC)cc(N2CCC(N(C)C(=O)c3n[nH]c4c3CNCC4)C2=O)c1.Cl. The lowest BCUT2D eigenvalue weighted by Crippen LogP contribution is -2.43. The van der Waals surface area contributed by atoms with Crippen LogP contribution in [0.5, 0.6) is 11.5 Å². The van der Waals surface area contributed by atoms with Gasteiger partial charge in [0.1, 0.15) is 17.5 Å². The molecule has 1 aromatic carbocycles. The molecule has 0 saturated carbocycles. The van der Waals surface area contributed by atoms with E-state index in [9.17, 15) is 9.59 Å². The number of H-pyrrole nitrogens is 1. The van der Waals surface area contributed by atoms with Crippen molar-refractivity contribution in [3.63, 3.8) is 0 Å². The van der Waals surface area contributed by atoms with Crippen molar-refractivity contribution in [3.8, 4) is 11.5 Å². The molecule has 0 radical (unpaired) electrons. The molecule has 30 heavy (non-hydrogen) atoms. The van der Waals surface area contributed by atoms with Crippen molar-refractivity contribution in [1.29, 1.82) is 0 Å². The van der Waals surface area contributed by atoms with Crippen LogP contribution in [-0.2, 0) is 17.8 Å². The molecule has 1 fully saturated rings. The van der Waals surface area contributed by atoms with Crippen LogP contribution in [0.1, 0.15) is 28.2 Å². The predicted molar refractivity (Wildman–Crippen MR) is 114 cm³/mol. The molecule has 0 bridgehead atoms. The number of anilines is 1. The van der Waals surface area contributed by atoms with Gasteiger partial charge in [0.15, 0.2) is 5.69 Å². The molecule has 4 rings (SSSR count). The number of benzene rings is 1. The number of carbonyl (C=O) groups excluding carboxylic acids is 2. The zero-order valence-corrected chi connectivity index (χ0v) is 18.0. The van der Waals surface area contributed by atoms with E-state index in [4.69, 9.17) is 9.47 Å². The molecule has 2 aliphatic heterocycles. The van der Waals surface area contributed by atoms with Crippen LogP contribution < -0.4 is 19.7 Å². The van der Waals surface area contributed by atoms with E-state index in [-0.39, 0.29) is 24.2 Å². The van der Waals surface area contributed by atoms with Crippen molar-refractivity contribution in [2.45, 2.75) is 25.4 Å². The fourth-order valence-electron chi connectivity index (χ4n) is 3.94. The van der Waals surface area contributed by atoms with E-state index in [1.807, 2.05) is 0 Å². The Morgan fingerprint density at radius 1 is 1.23 bits per heavy atom. The Kier molecular flexibility index (Phi) is 6.52. The number of methoxy groups -OCH3 is 2. The van der Waals surface area contributed by atoms with E-state index < -0.39 is 6.04 Å². The van der Waals surface area contributed by atoms with Crippen molar-refractivity contribution in [3.05, 3.63) is 35.2 Å². The third-order valence-electron chi connectivity index (χ3n) is 5.62. The Morgan fingerprint density at radius 3 is 2.60 bits per heavy atom. The Labute approximate surface area is 181 Å². The van der Waals surface area contributed by atoms with Gasteiger partial charge >= 0.3 is 0 Å². The second-order valence-corrected chi connectivity index (χ2v) is 7.24. The van der Waals surface area contributed by atoms with E-state index in [1.165, 1.54) is 4.90 Å². The fraction of sp³-hybridized carbons (Fsp3) is 0.450. The number of fused-ring (bicyclic) bond motifs is 1. The zero-order valence-electron chi connectivity index (χ0n) is 17.2. The van der Waals surface area contributed by atoms with E-state index in [0.717, 1.165) is 24.2 Å². The lowest BCUT2D eigenvalue weighted by atomic mass is 10.1. The number of nitrogens with one attached hydrogen (secondary N) is 2. The average molecular weight is 436 g/mol. The highest BCUT2D eigenvalue weighted by molar-refractivity contribution is 6.04. The number of carbonyl (C=O) groups is 2. The van der Waals surface area contributed by atoms with Crippen molar-refractivity contribution in [2.75, 3.05) is 39.3 Å². The minimum atomic E-state index is -0.538. The average Bonchev–Trinajstić information content (AvgIpc) is 3.36. The summed E-state index contributed by atoms with van der Waals surface area (Å²) in [5, 5.41) is 10.4. The van der Waals surface area contributed by atoms with Crippen LogP contribution in [0.4, 0.5) is 5.69 Å². The van der Waals surface area contributed by atoms with Gasteiger partial charge < -0.3 is 24.6 Å². The van der Waals surface area contributed by atoms with Gasteiger partial charge in [0.2, 0.25) is 5.91 Å². The van der Waals surface area contributed by atoms with E-state index in [0.29, 0.717) is 42.4 Å². The minimum absolute atomic E-state index is 0. The number of nitrogens with zero attached hydrogens (tertiary/aromatic N) is 3. The molecule has 1 atom stereocenters. The molecule has 2 amide bonds. The molecule has 2 aromatic rings. The highest BCUT2D eigenvalue weighted by atomic mass is 35.5. The smallest absolute Gasteiger partial charge is 0.275 e. The van der Waals surface area contributed by atoms with E-state index in [1.54, 1.807) is 44.4 Å². The fourth-order valence-corrected chi connectivity index (χ4v) is 3.94. The molecular weight excluding hydrogens is 410 g/mol. The molecule has 2 aliphatic rings. The van der Waals surface area contributed by atoms with Crippen molar-refractivity contribution in [1.82, 2.24) is 20.4 Å². The molecule has 10 heteroatoms. The lowest BCUT2D eigenvalue weighted by Gasteiger charge is -2.24. The maximum Gasteiger partial charge on any atom is 0.275 e. The number of aromatic nitrogens is 2. The number of likely N-dealkylation sites (N-methyl/N-ethyl adjacent to an activating group) is 1. The van der Waals surface area contributed by atoms with E-state index >= 15 is 0 Å². The predicted octanol–water partition coefficient (Wildman–Crippen LogP) is 1.37. The molecule has 9 nitrogen and oxygen atoms in total. The van der Waals surface area contributed by atoms with Gasteiger partial charge in [-0.1, -0.05) is 0 Å². The van der Waals surface area contributed by atoms with Gasteiger partial charge in [0.25, 0.3) is 5.91 Å². The van der Waals surface area contributed by atoms with Gasteiger partial charge in [-0.05, 0) is 6.42 Å². The summed E-state index contributed by atoms with van der Waals surface area (Å²) in [5.41, 5.74) is 2.97. The standard InChI is InChI=1S/C20H25N5O4.ClH/c1-24(20(27)18-15-11-21-6-4-16(15)22-23-18)17-5-7-25(19(17)26)12-8-13(28-2)10-14(9-12)29-3;/h8-10,17,21H,4-7,11H2,1-3H3,(H,22,23);1H. The first-order valence-corrected chi connectivity index (χ1v) is 9.62. The Hall–Kier alpha value is -2.78. The first-order valence-electron chi connectivity index (χ1n) is 9.62. The van der Waals surface area contributed by atoms with Crippen LogP contribution in [-0.4, -0.2) is 67.3 Å². The summed E-state index contributed by atoms with van der Waals surface area (Å²) in [6.45, 7) is 1.98. The second-order valence-electron chi connectivity index (χ2n) is 7.24. The maximum atomic E-state index is 13.1. The second kappa shape index (κ2) is 8.93. The Morgan fingerprint density at radius 2 is 1.93 bits per heavy atom. The molecule has 1 aromatic heterocycles. The number of hydrogen-bond acceptors (Lipinski definition) is 6.